The molecule has 6 nitrogen and oxygen atoms in total. The number of hydrogen-bond donors (Lipinski definition) is 3. The highest BCUT2D eigenvalue weighted by molar-refractivity contribution is 6.28. The Morgan fingerprint density at radius 3 is 2.80 bits per heavy atom. The summed E-state index contributed by atoms with van der Waals surface area (Å²) in [4.78, 5) is 26.0. The van der Waals surface area contributed by atoms with E-state index in [1.165, 1.54) is 23.1 Å². The van der Waals surface area contributed by atoms with Crippen molar-refractivity contribution < 1.29 is 14.0 Å². The van der Waals surface area contributed by atoms with Crippen molar-refractivity contribution in [3.63, 3.8) is 0 Å². The Kier molecular flexibility index (Phi) is 3.24. The maximum Gasteiger partial charge on any atom is 0.322 e. The molecule has 4 rings (SSSR count). The molecule has 2 aliphatic heterocycles. The van der Waals surface area contributed by atoms with Crippen molar-refractivity contribution in [1.82, 2.24) is 5.32 Å². The highest BCUT2D eigenvalue weighted by Gasteiger charge is 2.32. The zero-order valence-corrected chi connectivity index (χ0v) is 13.2. The zero-order chi connectivity index (χ0) is 17.7. The van der Waals surface area contributed by atoms with Crippen LogP contribution in [0, 0.1) is 5.82 Å². The van der Waals surface area contributed by atoms with Crippen LogP contribution in [0.1, 0.15) is 15.9 Å². The molecule has 0 aromatic heterocycles. The smallest absolute Gasteiger partial charge is 0.322 e. The minimum atomic E-state index is -0.496. The van der Waals surface area contributed by atoms with Crippen LogP contribution in [0.4, 0.5) is 20.6 Å². The Hall–Kier alpha value is -3.35. The number of benzene rings is 2. The molecule has 0 bridgehead atoms. The largest absolute Gasteiger partial charge is 0.398 e. The summed E-state index contributed by atoms with van der Waals surface area (Å²) in [6, 6.07) is 4.08. The number of allylic oxidation sites excluding steroid dienone is 2. The van der Waals surface area contributed by atoms with Crippen molar-refractivity contribution in [1.29, 1.82) is 0 Å². The van der Waals surface area contributed by atoms with Gasteiger partial charge in [-0.15, -0.1) is 0 Å². The van der Waals surface area contributed by atoms with E-state index < -0.39 is 5.82 Å². The Morgan fingerprint density at radius 2 is 2.12 bits per heavy atom. The summed E-state index contributed by atoms with van der Waals surface area (Å²) in [7, 11) is 0. The summed E-state index contributed by atoms with van der Waals surface area (Å²) >= 11 is 0. The van der Waals surface area contributed by atoms with Gasteiger partial charge in [0.15, 0.2) is 0 Å². The molecule has 0 radical (unpaired) electrons. The monoisotopic (exact) mass is 338 g/mol. The van der Waals surface area contributed by atoms with Crippen molar-refractivity contribution in [3.8, 4) is 0 Å². The Balaban J connectivity index is 2.14. The van der Waals surface area contributed by atoms with E-state index in [2.05, 4.69) is 17.2 Å². The van der Waals surface area contributed by atoms with Crippen LogP contribution in [-0.4, -0.2) is 25.0 Å². The fraction of sp³-hybridized carbons (Fsp3) is 0.111. The van der Waals surface area contributed by atoms with Crippen LogP contribution in [0.5, 0.6) is 0 Å². The number of nitrogens with one attached hydrogen (secondary N) is 2. The van der Waals surface area contributed by atoms with Gasteiger partial charge in [0.25, 0.3) is 5.91 Å². The highest BCUT2D eigenvalue weighted by Crippen LogP contribution is 2.43. The van der Waals surface area contributed by atoms with Gasteiger partial charge in [-0.3, -0.25) is 9.69 Å². The van der Waals surface area contributed by atoms with Gasteiger partial charge in [-0.2, -0.15) is 0 Å². The summed E-state index contributed by atoms with van der Waals surface area (Å²) in [6.45, 7) is 4.48. The van der Waals surface area contributed by atoms with E-state index in [4.69, 9.17) is 5.73 Å². The van der Waals surface area contributed by atoms with Crippen molar-refractivity contribution in [2.24, 2.45) is 5.73 Å². The minimum absolute atomic E-state index is 0.234. The van der Waals surface area contributed by atoms with Gasteiger partial charge in [-0.05, 0) is 24.3 Å². The molecule has 2 heterocycles. The third kappa shape index (κ3) is 2.09. The number of hydrogen-bond acceptors (Lipinski definition) is 3. The first-order valence-electron chi connectivity index (χ1n) is 7.77. The molecule has 0 aliphatic carbocycles. The van der Waals surface area contributed by atoms with Crippen LogP contribution in [0.15, 0.2) is 36.9 Å². The second kappa shape index (κ2) is 5.34. The standard InChI is InChI=1S/C18H15FN4O2/c1-2-3-11(20)9-8-13(23-7-6-21-18(23)25)15-10(19)4-5-12-16(15)14(9)17(24)22-12/h2-5,8H,1,6-7,20H2,(H,21,25)(H,22,24)/b11-3-. The average Bonchev–Trinajstić information content (AvgIpc) is 3.15. The second-order valence-corrected chi connectivity index (χ2v) is 5.86. The van der Waals surface area contributed by atoms with Crippen molar-refractivity contribution >= 4 is 39.8 Å². The van der Waals surface area contributed by atoms with Gasteiger partial charge in [-0.25, -0.2) is 9.18 Å². The van der Waals surface area contributed by atoms with E-state index >= 15 is 0 Å². The Morgan fingerprint density at radius 1 is 1.32 bits per heavy atom. The van der Waals surface area contributed by atoms with E-state index in [0.29, 0.717) is 46.7 Å². The normalized spacial score (nSPS) is 16.4. The molecule has 2 aromatic rings. The lowest BCUT2D eigenvalue weighted by atomic mass is 9.95. The number of carbonyl (C=O) groups excluding carboxylic acids is 2. The molecule has 0 spiro atoms. The predicted octanol–water partition coefficient (Wildman–Crippen LogP) is 2.56. The van der Waals surface area contributed by atoms with Crippen molar-refractivity contribution in [3.05, 3.63) is 53.9 Å². The van der Waals surface area contributed by atoms with E-state index in [0.717, 1.165) is 0 Å². The van der Waals surface area contributed by atoms with Gasteiger partial charge in [0.05, 0.1) is 11.3 Å². The maximum atomic E-state index is 14.7. The highest BCUT2D eigenvalue weighted by atomic mass is 19.1. The maximum absolute atomic E-state index is 14.7. The average molecular weight is 338 g/mol. The molecule has 3 amide bonds. The number of anilines is 2. The first-order chi connectivity index (χ1) is 12.0. The number of carbonyl (C=O) groups is 2. The summed E-state index contributed by atoms with van der Waals surface area (Å²) in [6.07, 6.45) is 3.07. The lowest BCUT2D eigenvalue weighted by Gasteiger charge is -2.20. The van der Waals surface area contributed by atoms with Crippen molar-refractivity contribution in [2.45, 2.75) is 0 Å². The molecule has 25 heavy (non-hydrogen) atoms. The van der Waals surface area contributed by atoms with Gasteiger partial charge in [-0.1, -0.05) is 12.7 Å². The van der Waals surface area contributed by atoms with Gasteiger partial charge in [0, 0.05) is 40.8 Å². The molecular weight excluding hydrogens is 323 g/mol. The Bertz CT molecular complexity index is 996. The Labute approximate surface area is 142 Å². The van der Waals surface area contributed by atoms with E-state index in [1.54, 1.807) is 12.1 Å². The van der Waals surface area contributed by atoms with E-state index in [1.807, 2.05) is 0 Å². The number of amides is 3. The molecule has 0 atom stereocenters. The molecule has 126 valence electrons. The number of nitrogens with two attached hydrogens (primary N) is 1. The van der Waals surface area contributed by atoms with Crippen LogP contribution < -0.4 is 21.3 Å². The molecule has 2 aliphatic rings. The predicted molar refractivity (Wildman–Crippen MR) is 95.0 cm³/mol. The van der Waals surface area contributed by atoms with Gasteiger partial charge in [0.1, 0.15) is 5.82 Å². The van der Waals surface area contributed by atoms with Gasteiger partial charge >= 0.3 is 6.03 Å². The second-order valence-electron chi connectivity index (χ2n) is 5.86. The molecule has 4 N–H and O–H groups in total. The van der Waals surface area contributed by atoms with Gasteiger partial charge in [0.2, 0.25) is 0 Å². The third-order valence-corrected chi connectivity index (χ3v) is 4.44. The van der Waals surface area contributed by atoms with Gasteiger partial charge < -0.3 is 16.4 Å². The lowest BCUT2D eigenvalue weighted by Crippen LogP contribution is -2.28. The molecule has 1 fully saturated rings. The lowest BCUT2D eigenvalue weighted by molar-refractivity contribution is 0.103. The topological polar surface area (TPSA) is 87.5 Å². The van der Waals surface area contributed by atoms with E-state index in [-0.39, 0.29) is 17.3 Å². The van der Waals surface area contributed by atoms with E-state index in [9.17, 15) is 14.0 Å². The fourth-order valence-corrected chi connectivity index (χ4v) is 3.39. The fourth-order valence-electron chi connectivity index (χ4n) is 3.39. The first-order valence-corrected chi connectivity index (χ1v) is 7.77. The summed E-state index contributed by atoms with van der Waals surface area (Å²) in [5.41, 5.74) is 8.07. The molecule has 2 aromatic carbocycles. The molecule has 1 saturated heterocycles. The quantitative estimate of drug-likeness (QED) is 0.752. The van der Waals surface area contributed by atoms with Crippen LogP contribution in [-0.2, 0) is 0 Å². The zero-order valence-electron chi connectivity index (χ0n) is 13.2. The summed E-state index contributed by atoms with van der Waals surface area (Å²) < 4.78 is 14.7. The van der Waals surface area contributed by atoms with Crippen LogP contribution in [0.25, 0.3) is 16.5 Å². The van der Waals surface area contributed by atoms with Crippen LogP contribution in [0.2, 0.25) is 0 Å². The van der Waals surface area contributed by atoms with Crippen LogP contribution >= 0.6 is 0 Å². The SMILES string of the molecule is C=C/C=C(\N)c1cc(N2CCNC2=O)c2c(F)ccc3c2c1C(=O)N3. The molecular formula is C18H15FN4O2. The first kappa shape index (κ1) is 15.2. The summed E-state index contributed by atoms with van der Waals surface area (Å²) in [5, 5.41) is 6.11. The molecule has 7 heteroatoms. The number of rotatable bonds is 3. The third-order valence-electron chi connectivity index (χ3n) is 4.44. The number of nitrogens with zero attached hydrogens (tertiary/aromatic N) is 1. The summed E-state index contributed by atoms with van der Waals surface area (Å²) in [5.74, 6) is -0.845. The molecule has 0 unspecified atom stereocenters. The van der Waals surface area contributed by atoms with Crippen molar-refractivity contribution in [2.75, 3.05) is 23.3 Å². The van der Waals surface area contributed by atoms with Crippen LogP contribution in [0.3, 0.4) is 0 Å². The number of halogens is 1. The minimum Gasteiger partial charge on any atom is -0.398 e. The molecule has 0 saturated carbocycles. The number of urea groups is 1.